The predicted molar refractivity (Wildman–Crippen MR) is 77.8 cm³/mol. The predicted octanol–water partition coefficient (Wildman–Crippen LogP) is 1.78. The first kappa shape index (κ1) is 14.9. The van der Waals surface area contributed by atoms with Gasteiger partial charge in [-0.05, 0) is 25.3 Å². The number of aryl methyl sites for hydroxylation is 1. The standard InChI is InChI=1S/C16H23NO3/c1-11-4-5-15(20-3)13(8-11)9-16(19)17-7-6-12(2)14(18)10-17/h4-5,8,12,14,18H,6-7,9-10H2,1-3H3. The molecule has 1 aromatic carbocycles. The van der Waals surface area contributed by atoms with E-state index in [1.165, 1.54) is 0 Å². The summed E-state index contributed by atoms with van der Waals surface area (Å²) < 4.78 is 5.31. The average molecular weight is 277 g/mol. The highest BCUT2D eigenvalue weighted by molar-refractivity contribution is 5.79. The van der Waals surface area contributed by atoms with Gasteiger partial charge in [0, 0.05) is 18.7 Å². The first-order chi connectivity index (χ1) is 9.51. The number of likely N-dealkylation sites (tertiary alicyclic amines) is 1. The number of amides is 1. The van der Waals surface area contributed by atoms with Crippen molar-refractivity contribution in [2.75, 3.05) is 20.2 Å². The molecule has 1 heterocycles. The zero-order valence-corrected chi connectivity index (χ0v) is 12.4. The second-order valence-electron chi connectivity index (χ2n) is 5.67. The molecule has 1 aliphatic rings. The van der Waals surface area contributed by atoms with E-state index in [0.717, 1.165) is 29.8 Å². The third-order valence-electron chi connectivity index (χ3n) is 4.05. The third-order valence-corrected chi connectivity index (χ3v) is 4.05. The van der Waals surface area contributed by atoms with Crippen molar-refractivity contribution in [3.8, 4) is 5.75 Å². The Kier molecular flexibility index (Phi) is 4.65. The Morgan fingerprint density at radius 2 is 2.25 bits per heavy atom. The Morgan fingerprint density at radius 3 is 2.90 bits per heavy atom. The molecular formula is C16H23NO3. The highest BCUT2D eigenvalue weighted by atomic mass is 16.5. The fourth-order valence-corrected chi connectivity index (χ4v) is 2.60. The summed E-state index contributed by atoms with van der Waals surface area (Å²) in [4.78, 5) is 14.1. The van der Waals surface area contributed by atoms with Gasteiger partial charge in [-0.25, -0.2) is 0 Å². The number of piperidine rings is 1. The van der Waals surface area contributed by atoms with Gasteiger partial charge in [-0.3, -0.25) is 4.79 Å². The van der Waals surface area contributed by atoms with Crippen LogP contribution in [0.3, 0.4) is 0 Å². The first-order valence-electron chi connectivity index (χ1n) is 7.10. The molecule has 110 valence electrons. The molecule has 2 rings (SSSR count). The Labute approximate surface area is 120 Å². The van der Waals surface area contributed by atoms with Crippen molar-refractivity contribution in [3.63, 3.8) is 0 Å². The number of rotatable bonds is 3. The van der Waals surface area contributed by atoms with E-state index in [-0.39, 0.29) is 11.8 Å². The Hall–Kier alpha value is -1.55. The number of benzene rings is 1. The fraction of sp³-hybridized carbons (Fsp3) is 0.562. The summed E-state index contributed by atoms with van der Waals surface area (Å²) in [5.41, 5.74) is 2.02. The molecule has 0 saturated carbocycles. The molecule has 0 bridgehead atoms. The molecule has 1 fully saturated rings. The van der Waals surface area contributed by atoms with E-state index < -0.39 is 6.10 Å². The highest BCUT2D eigenvalue weighted by Gasteiger charge is 2.27. The van der Waals surface area contributed by atoms with Gasteiger partial charge < -0.3 is 14.7 Å². The van der Waals surface area contributed by atoms with Gasteiger partial charge in [-0.15, -0.1) is 0 Å². The van der Waals surface area contributed by atoms with E-state index in [9.17, 15) is 9.90 Å². The number of carbonyl (C=O) groups is 1. The van der Waals surface area contributed by atoms with E-state index in [4.69, 9.17) is 4.74 Å². The Morgan fingerprint density at radius 1 is 1.50 bits per heavy atom. The zero-order chi connectivity index (χ0) is 14.7. The van der Waals surface area contributed by atoms with Gasteiger partial charge in [0.25, 0.3) is 0 Å². The molecule has 0 aromatic heterocycles. The van der Waals surface area contributed by atoms with Gasteiger partial charge >= 0.3 is 0 Å². The van der Waals surface area contributed by atoms with E-state index in [2.05, 4.69) is 0 Å². The topological polar surface area (TPSA) is 49.8 Å². The second-order valence-corrected chi connectivity index (χ2v) is 5.67. The molecule has 0 radical (unpaired) electrons. The van der Waals surface area contributed by atoms with Gasteiger partial charge in [0.2, 0.25) is 5.91 Å². The maximum Gasteiger partial charge on any atom is 0.227 e. The summed E-state index contributed by atoms with van der Waals surface area (Å²) >= 11 is 0. The molecule has 4 nitrogen and oxygen atoms in total. The number of hydrogen-bond donors (Lipinski definition) is 1. The van der Waals surface area contributed by atoms with Gasteiger partial charge in [0.15, 0.2) is 0 Å². The SMILES string of the molecule is COc1ccc(C)cc1CC(=O)N1CCC(C)C(O)C1. The van der Waals surface area contributed by atoms with E-state index in [0.29, 0.717) is 13.0 Å². The van der Waals surface area contributed by atoms with Crippen molar-refractivity contribution >= 4 is 5.91 Å². The van der Waals surface area contributed by atoms with Gasteiger partial charge in [0.1, 0.15) is 5.75 Å². The van der Waals surface area contributed by atoms with E-state index in [1.54, 1.807) is 12.0 Å². The van der Waals surface area contributed by atoms with Crippen LogP contribution in [0, 0.1) is 12.8 Å². The van der Waals surface area contributed by atoms with Crippen LogP contribution in [-0.2, 0) is 11.2 Å². The van der Waals surface area contributed by atoms with Crippen LogP contribution in [0.4, 0.5) is 0 Å². The maximum atomic E-state index is 12.4. The summed E-state index contributed by atoms with van der Waals surface area (Å²) in [5.74, 6) is 1.07. The van der Waals surface area contributed by atoms with Crippen LogP contribution < -0.4 is 4.74 Å². The van der Waals surface area contributed by atoms with Crippen LogP contribution in [0.5, 0.6) is 5.75 Å². The van der Waals surface area contributed by atoms with Crippen LogP contribution in [0.1, 0.15) is 24.5 Å². The largest absolute Gasteiger partial charge is 0.496 e. The smallest absolute Gasteiger partial charge is 0.227 e. The normalized spacial score (nSPS) is 22.7. The molecular weight excluding hydrogens is 254 g/mol. The third kappa shape index (κ3) is 3.31. The van der Waals surface area contributed by atoms with Crippen molar-refractivity contribution < 1.29 is 14.6 Å². The lowest BCUT2D eigenvalue weighted by Gasteiger charge is -2.34. The summed E-state index contributed by atoms with van der Waals surface area (Å²) in [6, 6.07) is 5.85. The van der Waals surface area contributed by atoms with E-state index >= 15 is 0 Å². The van der Waals surface area contributed by atoms with E-state index in [1.807, 2.05) is 32.0 Å². The second kappa shape index (κ2) is 6.27. The van der Waals surface area contributed by atoms with Crippen LogP contribution in [0.15, 0.2) is 18.2 Å². The number of aliphatic hydroxyl groups is 1. The summed E-state index contributed by atoms with van der Waals surface area (Å²) in [6.07, 6.45) is 0.774. The molecule has 1 amide bonds. The van der Waals surface area contributed by atoms with Crippen molar-refractivity contribution in [1.29, 1.82) is 0 Å². The monoisotopic (exact) mass is 277 g/mol. The van der Waals surface area contributed by atoms with Crippen LogP contribution in [0.2, 0.25) is 0 Å². The van der Waals surface area contributed by atoms with Crippen molar-refractivity contribution in [1.82, 2.24) is 4.90 Å². The number of nitrogens with zero attached hydrogens (tertiary/aromatic N) is 1. The van der Waals surface area contributed by atoms with Crippen LogP contribution in [-0.4, -0.2) is 42.2 Å². The van der Waals surface area contributed by atoms with Gasteiger partial charge in [-0.2, -0.15) is 0 Å². The number of hydrogen-bond acceptors (Lipinski definition) is 3. The molecule has 2 atom stereocenters. The maximum absolute atomic E-state index is 12.4. The summed E-state index contributed by atoms with van der Waals surface area (Å²) in [5, 5.41) is 9.89. The van der Waals surface area contributed by atoms with Crippen molar-refractivity contribution in [3.05, 3.63) is 29.3 Å². The fourth-order valence-electron chi connectivity index (χ4n) is 2.60. The molecule has 1 aliphatic heterocycles. The lowest BCUT2D eigenvalue weighted by atomic mass is 9.95. The first-order valence-corrected chi connectivity index (χ1v) is 7.10. The average Bonchev–Trinajstić information content (AvgIpc) is 2.42. The zero-order valence-electron chi connectivity index (χ0n) is 12.4. The molecule has 4 heteroatoms. The minimum atomic E-state index is -0.410. The molecule has 1 saturated heterocycles. The minimum absolute atomic E-state index is 0.0554. The summed E-state index contributed by atoms with van der Waals surface area (Å²) in [7, 11) is 1.62. The quantitative estimate of drug-likeness (QED) is 0.916. The Balaban J connectivity index is 2.06. The summed E-state index contributed by atoms with van der Waals surface area (Å²) in [6.45, 7) is 5.19. The van der Waals surface area contributed by atoms with Crippen molar-refractivity contribution in [2.24, 2.45) is 5.92 Å². The lowest BCUT2D eigenvalue weighted by Crippen LogP contribution is -2.46. The molecule has 0 aliphatic carbocycles. The lowest BCUT2D eigenvalue weighted by molar-refractivity contribution is -0.134. The molecule has 1 N–H and O–H groups in total. The number of carbonyl (C=O) groups excluding carboxylic acids is 1. The van der Waals surface area contributed by atoms with Gasteiger partial charge in [-0.1, -0.05) is 24.6 Å². The molecule has 2 unspecified atom stereocenters. The van der Waals surface area contributed by atoms with Crippen molar-refractivity contribution in [2.45, 2.75) is 32.8 Å². The molecule has 0 spiro atoms. The number of methoxy groups -OCH3 is 1. The molecule has 20 heavy (non-hydrogen) atoms. The molecule has 1 aromatic rings. The number of ether oxygens (including phenoxy) is 1. The van der Waals surface area contributed by atoms with Crippen LogP contribution >= 0.6 is 0 Å². The minimum Gasteiger partial charge on any atom is -0.496 e. The van der Waals surface area contributed by atoms with Gasteiger partial charge in [0.05, 0.1) is 19.6 Å². The number of aliphatic hydroxyl groups excluding tert-OH is 1. The highest BCUT2D eigenvalue weighted by Crippen LogP contribution is 2.22. The number of β-amino-alcohol motifs (C(OH)–C–C–N with tert-alkyl or cyclic N) is 1. The van der Waals surface area contributed by atoms with Crippen LogP contribution in [0.25, 0.3) is 0 Å². The Bertz CT molecular complexity index is 487.